The van der Waals surface area contributed by atoms with E-state index in [-0.39, 0.29) is 11.7 Å². The summed E-state index contributed by atoms with van der Waals surface area (Å²) in [6, 6.07) is 7.84. The second kappa shape index (κ2) is 7.82. The number of aryl methyl sites for hydroxylation is 2. The van der Waals surface area contributed by atoms with Gasteiger partial charge in [0, 0.05) is 19.1 Å². The van der Waals surface area contributed by atoms with Crippen molar-refractivity contribution in [1.29, 1.82) is 0 Å². The van der Waals surface area contributed by atoms with Crippen molar-refractivity contribution in [3.63, 3.8) is 0 Å². The molecule has 2 N–H and O–H groups in total. The zero-order chi connectivity index (χ0) is 18.1. The summed E-state index contributed by atoms with van der Waals surface area (Å²) in [6.07, 6.45) is 0. The van der Waals surface area contributed by atoms with Crippen LogP contribution in [-0.4, -0.2) is 21.6 Å². The van der Waals surface area contributed by atoms with Crippen LogP contribution in [0.4, 0.5) is 5.69 Å². The highest BCUT2D eigenvalue weighted by molar-refractivity contribution is 9.14. The van der Waals surface area contributed by atoms with Crippen LogP contribution < -0.4 is 5.32 Å². The molecule has 0 aliphatic carbocycles. The second-order valence-corrected chi connectivity index (χ2v) is 9.05. The lowest BCUT2D eigenvalue weighted by atomic mass is 10.1. The average Bonchev–Trinajstić information content (AvgIpc) is 2.93. The van der Waals surface area contributed by atoms with Crippen LogP contribution in [0.25, 0.3) is 11.0 Å². The van der Waals surface area contributed by atoms with Gasteiger partial charge in [0.2, 0.25) is 5.91 Å². The zero-order valence-corrected chi connectivity index (χ0v) is 19.0. The van der Waals surface area contributed by atoms with E-state index in [1.165, 1.54) is 22.9 Å². The molecule has 1 heterocycles. The van der Waals surface area contributed by atoms with Gasteiger partial charge >= 0.3 is 0 Å². The third kappa shape index (κ3) is 4.48. The van der Waals surface area contributed by atoms with Crippen LogP contribution in [0, 0.1) is 13.8 Å². The van der Waals surface area contributed by atoms with Gasteiger partial charge < -0.3 is 10.3 Å². The number of carbonyl (C=O) groups is 1. The molecule has 130 valence electrons. The molecule has 0 radical (unpaired) electrons. The molecule has 0 fully saturated rings. The molecular formula is C17H14Br3N3OS. The monoisotopic (exact) mass is 545 g/mol. The Morgan fingerprint density at radius 1 is 1.12 bits per heavy atom. The van der Waals surface area contributed by atoms with E-state index in [1.807, 2.05) is 12.1 Å². The lowest BCUT2D eigenvalue weighted by molar-refractivity contribution is -0.113. The molecule has 2 aromatic carbocycles. The van der Waals surface area contributed by atoms with Gasteiger partial charge in [-0.1, -0.05) is 11.8 Å². The summed E-state index contributed by atoms with van der Waals surface area (Å²) in [7, 11) is 0. The third-order valence-electron chi connectivity index (χ3n) is 3.68. The number of amides is 1. The Labute approximate surface area is 174 Å². The number of hydrogen-bond donors (Lipinski definition) is 2. The van der Waals surface area contributed by atoms with Gasteiger partial charge in [0.15, 0.2) is 5.16 Å². The number of anilines is 1. The molecule has 0 unspecified atom stereocenters. The highest BCUT2D eigenvalue weighted by atomic mass is 79.9. The van der Waals surface area contributed by atoms with E-state index < -0.39 is 0 Å². The first-order valence-corrected chi connectivity index (χ1v) is 10.7. The van der Waals surface area contributed by atoms with Gasteiger partial charge in [0.25, 0.3) is 0 Å². The van der Waals surface area contributed by atoms with Crippen LogP contribution in [0.5, 0.6) is 0 Å². The Kier molecular flexibility index (Phi) is 5.92. The van der Waals surface area contributed by atoms with Crippen LogP contribution in [0.15, 0.2) is 42.8 Å². The maximum atomic E-state index is 12.2. The van der Waals surface area contributed by atoms with Gasteiger partial charge in [-0.3, -0.25) is 4.79 Å². The number of nitrogens with zero attached hydrogens (tertiary/aromatic N) is 1. The molecule has 0 spiro atoms. The number of halogens is 3. The van der Waals surface area contributed by atoms with E-state index in [0.29, 0.717) is 0 Å². The third-order valence-corrected chi connectivity index (χ3v) is 7.73. The van der Waals surface area contributed by atoms with E-state index in [0.717, 1.165) is 35.3 Å². The molecule has 1 aromatic heterocycles. The topological polar surface area (TPSA) is 57.8 Å². The summed E-state index contributed by atoms with van der Waals surface area (Å²) in [4.78, 5) is 20.0. The number of aromatic amines is 1. The van der Waals surface area contributed by atoms with Gasteiger partial charge in [0.1, 0.15) is 0 Å². The number of benzene rings is 2. The molecule has 0 saturated heterocycles. The maximum absolute atomic E-state index is 12.2. The summed E-state index contributed by atoms with van der Waals surface area (Å²) in [6.45, 7) is 4.14. The van der Waals surface area contributed by atoms with Gasteiger partial charge in [0.05, 0.1) is 16.8 Å². The minimum Gasteiger partial charge on any atom is -0.333 e. The van der Waals surface area contributed by atoms with E-state index >= 15 is 0 Å². The number of rotatable bonds is 4. The van der Waals surface area contributed by atoms with E-state index in [1.54, 1.807) is 0 Å². The van der Waals surface area contributed by atoms with Crippen molar-refractivity contribution in [3.8, 4) is 0 Å². The van der Waals surface area contributed by atoms with Crippen molar-refractivity contribution in [2.45, 2.75) is 19.0 Å². The van der Waals surface area contributed by atoms with Gasteiger partial charge in [-0.2, -0.15) is 0 Å². The normalized spacial score (nSPS) is 11.1. The first-order chi connectivity index (χ1) is 11.8. The summed E-state index contributed by atoms with van der Waals surface area (Å²) in [5, 5.41) is 3.63. The molecular weight excluding hydrogens is 534 g/mol. The summed E-state index contributed by atoms with van der Waals surface area (Å²) in [5.74, 6) is 0.197. The number of H-pyrrole nitrogens is 1. The van der Waals surface area contributed by atoms with Crippen LogP contribution >= 0.6 is 59.6 Å². The van der Waals surface area contributed by atoms with Crippen molar-refractivity contribution in [2.75, 3.05) is 11.1 Å². The molecule has 4 nitrogen and oxygen atoms in total. The number of imidazole rings is 1. The molecule has 0 aliphatic rings. The lowest BCUT2D eigenvalue weighted by Gasteiger charge is -2.07. The molecule has 0 saturated carbocycles. The predicted molar refractivity (Wildman–Crippen MR) is 114 cm³/mol. The summed E-state index contributed by atoms with van der Waals surface area (Å²) >= 11 is 11.7. The van der Waals surface area contributed by atoms with Crippen molar-refractivity contribution in [3.05, 3.63) is 48.8 Å². The molecule has 1 amide bonds. The SMILES string of the molecule is Cc1cc2nc(SCC(=O)Nc3cc(Br)c(Br)c(Br)c3)[nH]c2cc1C. The van der Waals surface area contributed by atoms with Crippen molar-refractivity contribution < 1.29 is 4.79 Å². The zero-order valence-electron chi connectivity index (χ0n) is 13.4. The summed E-state index contributed by atoms with van der Waals surface area (Å²) < 4.78 is 2.65. The number of aromatic nitrogens is 2. The van der Waals surface area contributed by atoms with E-state index in [4.69, 9.17) is 0 Å². The molecule has 25 heavy (non-hydrogen) atoms. The molecule has 3 rings (SSSR count). The number of hydrogen-bond acceptors (Lipinski definition) is 3. The first kappa shape index (κ1) is 18.9. The fraction of sp³-hybridized carbons (Fsp3) is 0.176. The standard InChI is InChI=1S/C17H14Br3N3OS/c1-8-3-13-14(4-9(8)2)23-17(22-13)25-7-15(24)21-10-5-11(18)16(20)12(19)6-10/h3-6H,7H2,1-2H3,(H,21,24)(H,22,23). The fourth-order valence-electron chi connectivity index (χ4n) is 2.27. The quantitative estimate of drug-likeness (QED) is 0.302. The predicted octanol–water partition coefficient (Wildman–Crippen LogP) is 6.20. The van der Waals surface area contributed by atoms with E-state index in [9.17, 15) is 4.79 Å². The Hall–Kier alpha value is -0.830. The minimum atomic E-state index is -0.0843. The molecule has 8 heteroatoms. The number of carbonyl (C=O) groups excluding carboxylic acids is 1. The molecule has 0 atom stereocenters. The molecule has 3 aromatic rings. The fourth-order valence-corrected chi connectivity index (χ4v) is 4.37. The van der Waals surface area contributed by atoms with Gasteiger partial charge in [-0.25, -0.2) is 4.98 Å². The molecule has 0 bridgehead atoms. The highest BCUT2D eigenvalue weighted by Gasteiger charge is 2.10. The van der Waals surface area contributed by atoms with Crippen LogP contribution in [-0.2, 0) is 4.79 Å². The van der Waals surface area contributed by atoms with Crippen LogP contribution in [0.2, 0.25) is 0 Å². The number of nitrogens with one attached hydrogen (secondary N) is 2. The maximum Gasteiger partial charge on any atom is 0.234 e. The second-order valence-electron chi connectivity index (χ2n) is 5.59. The highest BCUT2D eigenvalue weighted by Crippen LogP contribution is 2.34. The lowest BCUT2D eigenvalue weighted by Crippen LogP contribution is -2.14. The van der Waals surface area contributed by atoms with Crippen molar-refractivity contribution in [1.82, 2.24) is 9.97 Å². The Morgan fingerprint density at radius 2 is 1.76 bits per heavy atom. The molecule has 0 aliphatic heterocycles. The average molecular weight is 548 g/mol. The Morgan fingerprint density at radius 3 is 2.44 bits per heavy atom. The van der Waals surface area contributed by atoms with Crippen molar-refractivity contribution in [2.24, 2.45) is 0 Å². The largest absolute Gasteiger partial charge is 0.333 e. The van der Waals surface area contributed by atoms with Crippen molar-refractivity contribution >= 4 is 82.2 Å². The van der Waals surface area contributed by atoms with E-state index in [2.05, 4.69) is 89.1 Å². The smallest absolute Gasteiger partial charge is 0.234 e. The first-order valence-electron chi connectivity index (χ1n) is 7.37. The summed E-state index contributed by atoms with van der Waals surface area (Å²) in [5.41, 5.74) is 5.07. The minimum absolute atomic E-state index is 0.0843. The number of fused-ring (bicyclic) bond motifs is 1. The van der Waals surface area contributed by atoms with Gasteiger partial charge in [-0.05, 0) is 97.0 Å². The van der Waals surface area contributed by atoms with Crippen LogP contribution in [0.1, 0.15) is 11.1 Å². The van der Waals surface area contributed by atoms with Gasteiger partial charge in [-0.15, -0.1) is 0 Å². The number of thioether (sulfide) groups is 1. The Bertz CT molecular complexity index is 909. The van der Waals surface area contributed by atoms with Crippen LogP contribution in [0.3, 0.4) is 0 Å². The Balaban J connectivity index is 1.66.